The second-order valence-corrected chi connectivity index (χ2v) is 3.37. The van der Waals surface area contributed by atoms with Gasteiger partial charge in [0.25, 0.3) is 0 Å². The number of nitrogens with zero attached hydrogens (tertiary/aromatic N) is 1. The molecule has 70 valence electrons. The lowest BCUT2D eigenvalue weighted by molar-refractivity contribution is 0.462. The van der Waals surface area contributed by atoms with Gasteiger partial charge in [-0.15, -0.1) is 0 Å². The summed E-state index contributed by atoms with van der Waals surface area (Å²) in [4.78, 5) is 0. The van der Waals surface area contributed by atoms with E-state index in [9.17, 15) is 0 Å². The molecule has 0 aliphatic heterocycles. The van der Waals surface area contributed by atoms with Gasteiger partial charge in [-0.25, -0.2) is 0 Å². The van der Waals surface area contributed by atoms with Gasteiger partial charge in [0.2, 0.25) is 0 Å². The lowest BCUT2D eigenvalue weighted by atomic mass is 9.95. The first-order chi connectivity index (χ1) is 5.74. The minimum absolute atomic E-state index is 0.180. The third-order valence-corrected chi connectivity index (χ3v) is 2.20. The molecule has 0 fully saturated rings. The van der Waals surface area contributed by atoms with Crippen molar-refractivity contribution in [1.82, 2.24) is 0 Å². The van der Waals surface area contributed by atoms with Crippen molar-refractivity contribution >= 4 is 0 Å². The fourth-order valence-electron chi connectivity index (χ4n) is 1.22. The molecule has 0 radical (unpaired) electrons. The molecule has 12 heavy (non-hydrogen) atoms. The second-order valence-electron chi connectivity index (χ2n) is 3.37. The van der Waals surface area contributed by atoms with Gasteiger partial charge >= 0.3 is 0 Å². The number of rotatable bonds is 6. The van der Waals surface area contributed by atoms with Crippen LogP contribution in [0.4, 0.5) is 0 Å². The Bertz CT molecular complexity index is 137. The molecule has 0 saturated carbocycles. The molecule has 0 aromatic carbocycles. The molecule has 2 N–H and O–H groups in total. The topological polar surface area (TPSA) is 49.8 Å². The SMILES string of the molecule is CCCCC(C#N)C[C@H](N)CC. The van der Waals surface area contributed by atoms with Crippen LogP contribution >= 0.6 is 0 Å². The first-order valence-corrected chi connectivity index (χ1v) is 4.89. The largest absolute Gasteiger partial charge is 0.328 e. The second kappa shape index (κ2) is 7.12. The van der Waals surface area contributed by atoms with Gasteiger partial charge in [0, 0.05) is 12.0 Å². The van der Waals surface area contributed by atoms with E-state index in [-0.39, 0.29) is 12.0 Å². The van der Waals surface area contributed by atoms with Crippen molar-refractivity contribution in [3.05, 3.63) is 0 Å². The molecule has 1 unspecified atom stereocenters. The zero-order valence-corrected chi connectivity index (χ0v) is 8.21. The highest BCUT2D eigenvalue weighted by Crippen LogP contribution is 2.14. The summed E-state index contributed by atoms with van der Waals surface area (Å²) in [6, 6.07) is 2.54. The molecule has 0 aromatic heterocycles. The van der Waals surface area contributed by atoms with Gasteiger partial charge in [-0.3, -0.25) is 0 Å². The Morgan fingerprint density at radius 3 is 2.50 bits per heavy atom. The van der Waals surface area contributed by atoms with Crippen molar-refractivity contribution < 1.29 is 0 Å². The quantitative estimate of drug-likeness (QED) is 0.662. The fourth-order valence-corrected chi connectivity index (χ4v) is 1.22. The monoisotopic (exact) mass is 168 g/mol. The standard InChI is InChI=1S/C10H20N2/c1-3-5-6-9(8-11)7-10(12)4-2/h9-10H,3-7,12H2,1-2H3/t9?,10-/m1/s1. The first-order valence-electron chi connectivity index (χ1n) is 4.89. The van der Waals surface area contributed by atoms with E-state index in [0.717, 1.165) is 25.7 Å². The summed E-state index contributed by atoms with van der Waals surface area (Å²) in [5.41, 5.74) is 5.77. The number of hydrogen-bond donors (Lipinski definition) is 1. The summed E-state index contributed by atoms with van der Waals surface area (Å²) in [7, 11) is 0. The van der Waals surface area contributed by atoms with Gasteiger partial charge in [0.15, 0.2) is 0 Å². The molecule has 2 nitrogen and oxygen atoms in total. The molecule has 0 heterocycles. The van der Waals surface area contributed by atoms with Crippen LogP contribution in [-0.2, 0) is 0 Å². The summed E-state index contributed by atoms with van der Waals surface area (Å²) in [6.45, 7) is 4.22. The average molecular weight is 168 g/mol. The molecule has 0 aromatic rings. The van der Waals surface area contributed by atoms with E-state index in [0.29, 0.717) is 0 Å². The van der Waals surface area contributed by atoms with Gasteiger partial charge in [-0.2, -0.15) is 5.26 Å². The Morgan fingerprint density at radius 2 is 2.08 bits per heavy atom. The Morgan fingerprint density at radius 1 is 1.42 bits per heavy atom. The summed E-state index contributed by atoms with van der Waals surface area (Å²) in [6.07, 6.45) is 5.17. The van der Waals surface area contributed by atoms with E-state index in [4.69, 9.17) is 11.0 Å². The highest BCUT2D eigenvalue weighted by atomic mass is 14.6. The van der Waals surface area contributed by atoms with E-state index < -0.39 is 0 Å². The van der Waals surface area contributed by atoms with Gasteiger partial charge in [0.05, 0.1) is 6.07 Å². The van der Waals surface area contributed by atoms with Crippen LogP contribution in [0.3, 0.4) is 0 Å². The lowest BCUT2D eigenvalue weighted by Crippen LogP contribution is -2.22. The minimum atomic E-state index is 0.180. The van der Waals surface area contributed by atoms with Gasteiger partial charge in [-0.05, 0) is 19.3 Å². The van der Waals surface area contributed by atoms with Crippen LogP contribution in [0.2, 0.25) is 0 Å². The molecule has 2 atom stereocenters. The molecule has 0 rings (SSSR count). The molecular formula is C10H20N2. The zero-order chi connectivity index (χ0) is 9.40. The predicted octanol–water partition coefficient (Wildman–Crippen LogP) is 2.44. The van der Waals surface area contributed by atoms with Gasteiger partial charge in [-0.1, -0.05) is 26.7 Å². The Kier molecular flexibility index (Phi) is 6.79. The average Bonchev–Trinajstić information content (AvgIpc) is 2.11. The van der Waals surface area contributed by atoms with Crippen molar-refractivity contribution in [2.45, 2.75) is 52.0 Å². The molecule has 0 spiro atoms. The maximum atomic E-state index is 8.79. The molecule has 0 bridgehead atoms. The highest BCUT2D eigenvalue weighted by molar-refractivity contribution is 4.85. The number of nitrogens with two attached hydrogens (primary N) is 1. The summed E-state index contributed by atoms with van der Waals surface area (Å²) in [5.74, 6) is 0.180. The van der Waals surface area contributed by atoms with Crippen molar-refractivity contribution in [3.63, 3.8) is 0 Å². The van der Waals surface area contributed by atoms with E-state index >= 15 is 0 Å². The summed E-state index contributed by atoms with van der Waals surface area (Å²) < 4.78 is 0. The Hall–Kier alpha value is -0.550. The molecule has 0 amide bonds. The molecule has 0 aliphatic carbocycles. The van der Waals surface area contributed by atoms with Crippen LogP contribution in [0.1, 0.15) is 46.0 Å². The number of unbranched alkanes of at least 4 members (excludes halogenated alkanes) is 1. The fraction of sp³-hybridized carbons (Fsp3) is 0.900. The molecule has 0 saturated heterocycles. The third kappa shape index (κ3) is 5.15. The Balaban J connectivity index is 3.61. The van der Waals surface area contributed by atoms with E-state index in [1.807, 2.05) is 0 Å². The van der Waals surface area contributed by atoms with E-state index in [1.165, 1.54) is 6.42 Å². The van der Waals surface area contributed by atoms with Gasteiger partial charge in [0.1, 0.15) is 0 Å². The van der Waals surface area contributed by atoms with Crippen molar-refractivity contribution in [1.29, 1.82) is 5.26 Å². The molecular weight excluding hydrogens is 148 g/mol. The number of hydrogen-bond acceptors (Lipinski definition) is 2. The van der Waals surface area contributed by atoms with Crippen molar-refractivity contribution in [2.24, 2.45) is 11.7 Å². The van der Waals surface area contributed by atoms with E-state index in [2.05, 4.69) is 19.9 Å². The molecule has 2 heteroatoms. The van der Waals surface area contributed by atoms with E-state index in [1.54, 1.807) is 0 Å². The van der Waals surface area contributed by atoms with Crippen LogP contribution in [0.25, 0.3) is 0 Å². The first kappa shape index (κ1) is 11.4. The van der Waals surface area contributed by atoms with Crippen LogP contribution in [-0.4, -0.2) is 6.04 Å². The smallest absolute Gasteiger partial charge is 0.0656 e. The lowest BCUT2D eigenvalue weighted by Gasteiger charge is -2.12. The molecule has 0 aliphatic rings. The van der Waals surface area contributed by atoms with Crippen LogP contribution < -0.4 is 5.73 Å². The summed E-state index contributed by atoms with van der Waals surface area (Å²) >= 11 is 0. The normalized spacial score (nSPS) is 15.2. The van der Waals surface area contributed by atoms with Crippen LogP contribution in [0, 0.1) is 17.2 Å². The highest BCUT2D eigenvalue weighted by Gasteiger charge is 2.10. The predicted molar refractivity (Wildman–Crippen MR) is 51.5 cm³/mol. The van der Waals surface area contributed by atoms with Crippen LogP contribution in [0.5, 0.6) is 0 Å². The van der Waals surface area contributed by atoms with Crippen molar-refractivity contribution in [3.8, 4) is 6.07 Å². The van der Waals surface area contributed by atoms with Gasteiger partial charge < -0.3 is 5.73 Å². The maximum absolute atomic E-state index is 8.79. The summed E-state index contributed by atoms with van der Waals surface area (Å²) in [5, 5.41) is 8.79. The Labute approximate surface area is 75.8 Å². The van der Waals surface area contributed by atoms with Crippen molar-refractivity contribution in [2.75, 3.05) is 0 Å². The van der Waals surface area contributed by atoms with Crippen LogP contribution in [0.15, 0.2) is 0 Å². The number of nitriles is 1. The minimum Gasteiger partial charge on any atom is -0.328 e. The maximum Gasteiger partial charge on any atom is 0.0656 e. The third-order valence-electron chi connectivity index (χ3n) is 2.20. The zero-order valence-electron chi connectivity index (χ0n) is 8.21.